The Hall–Kier alpha value is -0.450. The molecule has 1 aliphatic carbocycles. The topological polar surface area (TPSA) is 38.8 Å². The van der Waals surface area contributed by atoms with E-state index in [-0.39, 0.29) is 11.7 Å². The Bertz CT molecular complexity index is 387. The highest BCUT2D eigenvalue weighted by Gasteiger charge is 2.53. The fourth-order valence-corrected chi connectivity index (χ4v) is 3.60. The van der Waals surface area contributed by atoms with Gasteiger partial charge in [0.15, 0.2) is 5.78 Å². The Kier molecular flexibility index (Phi) is 4.81. The quantitative estimate of drug-likeness (QED) is 0.724. The summed E-state index contributed by atoms with van der Waals surface area (Å²) in [5, 5.41) is 0. The van der Waals surface area contributed by atoms with Crippen LogP contribution in [0.5, 0.6) is 0 Å². The zero-order chi connectivity index (χ0) is 15.8. The average molecular weight is 297 g/mol. The molecule has 21 heavy (non-hydrogen) atoms. The van der Waals surface area contributed by atoms with Gasteiger partial charge in [-0.15, -0.1) is 0 Å². The van der Waals surface area contributed by atoms with Crippen LogP contribution < -0.4 is 0 Å². The normalized spacial score (nSPS) is 29.1. The van der Waals surface area contributed by atoms with Crippen molar-refractivity contribution in [3.05, 3.63) is 0 Å². The van der Waals surface area contributed by atoms with Gasteiger partial charge in [0.2, 0.25) is 0 Å². The van der Waals surface area contributed by atoms with Crippen LogP contribution in [-0.4, -0.2) is 54.7 Å². The summed E-state index contributed by atoms with van der Waals surface area (Å²) in [5.74, 6) is 0.957. The third-order valence-electron chi connectivity index (χ3n) is 5.15. The molecule has 0 N–H and O–H groups in total. The van der Waals surface area contributed by atoms with Crippen LogP contribution in [0.3, 0.4) is 0 Å². The molecule has 122 valence electrons. The summed E-state index contributed by atoms with van der Waals surface area (Å²) >= 11 is 0. The molecular formula is C17H31NO3. The van der Waals surface area contributed by atoms with Crippen LogP contribution in [0.2, 0.25) is 0 Å². The molecule has 1 aliphatic heterocycles. The molecule has 4 heteroatoms. The van der Waals surface area contributed by atoms with Gasteiger partial charge in [0.25, 0.3) is 0 Å². The van der Waals surface area contributed by atoms with Crippen LogP contribution in [0.4, 0.5) is 0 Å². The van der Waals surface area contributed by atoms with E-state index in [2.05, 4.69) is 11.8 Å². The number of carbonyl (C=O) groups excluding carboxylic acids is 1. The molecule has 1 saturated carbocycles. The first-order chi connectivity index (χ1) is 9.69. The Morgan fingerprint density at radius 3 is 2.38 bits per heavy atom. The molecule has 0 aromatic rings. The average Bonchev–Trinajstić information content (AvgIpc) is 3.17. The predicted octanol–water partition coefficient (Wildman–Crippen LogP) is 2.51. The van der Waals surface area contributed by atoms with Gasteiger partial charge in [-0.05, 0) is 53.4 Å². The highest BCUT2D eigenvalue weighted by atomic mass is 16.5. The first-order valence-electron chi connectivity index (χ1n) is 8.16. The molecular weight excluding hydrogens is 266 g/mol. The maximum absolute atomic E-state index is 12.7. The lowest BCUT2D eigenvalue weighted by Crippen LogP contribution is -2.46. The second-order valence-electron chi connectivity index (χ2n) is 7.70. The van der Waals surface area contributed by atoms with Crippen molar-refractivity contribution in [2.24, 2.45) is 11.8 Å². The third-order valence-corrected chi connectivity index (χ3v) is 5.15. The number of rotatable bonds is 7. The number of carbonyl (C=O) groups is 1. The van der Waals surface area contributed by atoms with Crippen molar-refractivity contribution in [3.8, 4) is 0 Å². The molecule has 4 nitrogen and oxygen atoms in total. The zero-order valence-electron chi connectivity index (χ0n) is 14.4. The highest BCUT2D eigenvalue weighted by Crippen LogP contribution is 2.41. The standard InChI is InChI=1S/C17H31NO3/c1-12(13-7-8-13)18(9-10-20-6)11-14-15(19)17(4,5)21-16(14,2)3/h12-14H,7-11H2,1-6H3. The Balaban J connectivity index is 2.09. The Morgan fingerprint density at radius 1 is 1.33 bits per heavy atom. The number of methoxy groups -OCH3 is 1. The van der Waals surface area contributed by atoms with Crippen molar-refractivity contribution in [2.75, 3.05) is 26.8 Å². The molecule has 2 atom stereocenters. The summed E-state index contributed by atoms with van der Waals surface area (Å²) < 4.78 is 11.3. The molecule has 0 spiro atoms. The monoisotopic (exact) mass is 297 g/mol. The smallest absolute Gasteiger partial charge is 0.171 e. The molecule has 1 saturated heterocycles. The second-order valence-corrected chi connectivity index (χ2v) is 7.70. The first-order valence-corrected chi connectivity index (χ1v) is 8.16. The summed E-state index contributed by atoms with van der Waals surface area (Å²) in [5.41, 5.74) is -1.06. The Labute approximate surface area is 129 Å². The van der Waals surface area contributed by atoms with Gasteiger partial charge in [0.05, 0.1) is 18.1 Å². The number of hydrogen-bond acceptors (Lipinski definition) is 4. The van der Waals surface area contributed by atoms with Crippen molar-refractivity contribution >= 4 is 5.78 Å². The number of nitrogens with zero attached hydrogens (tertiary/aromatic N) is 1. The number of Topliss-reactive ketones (excluding diaryl/α,β-unsaturated/α-hetero) is 1. The second kappa shape index (κ2) is 5.98. The van der Waals surface area contributed by atoms with Gasteiger partial charge >= 0.3 is 0 Å². The van der Waals surface area contributed by atoms with E-state index >= 15 is 0 Å². The fraction of sp³-hybridized carbons (Fsp3) is 0.941. The molecule has 2 unspecified atom stereocenters. The van der Waals surface area contributed by atoms with Crippen LogP contribution in [-0.2, 0) is 14.3 Å². The minimum atomic E-state index is -0.663. The molecule has 1 heterocycles. The van der Waals surface area contributed by atoms with Gasteiger partial charge in [-0.3, -0.25) is 9.69 Å². The summed E-state index contributed by atoms with van der Waals surface area (Å²) in [6, 6.07) is 0.521. The van der Waals surface area contributed by atoms with Gasteiger partial charge in [0.1, 0.15) is 5.60 Å². The van der Waals surface area contributed by atoms with Crippen LogP contribution in [0.15, 0.2) is 0 Å². The van der Waals surface area contributed by atoms with Crippen LogP contribution in [0.1, 0.15) is 47.5 Å². The molecule has 0 bridgehead atoms. The van der Waals surface area contributed by atoms with Crippen molar-refractivity contribution in [3.63, 3.8) is 0 Å². The maximum Gasteiger partial charge on any atom is 0.171 e. The van der Waals surface area contributed by atoms with E-state index in [1.807, 2.05) is 27.7 Å². The lowest BCUT2D eigenvalue weighted by molar-refractivity contribution is -0.132. The van der Waals surface area contributed by atoms with E-state index in [1.165, 1.54) is 12.8 Å². The van der Waals surface area contributed by atoms with Crippen molar-refractivity contribution in [2.45, 2.75) is 64.7 Å². The van der Waals surface area contributed by atoms with E-state index in [1.54, 1.807) is 7.11 Å². The third kappa shape index (κ3) is 3.66. The molecule has 2 fully saturated rings. The minimum Gasteiger partial charge on any atom is -0.383 e. The largest absolute Gasteiger partial charge is 0.383 e. The van der Waals surface area contributed by atoms with Crippen LogP contribution in [0.25, 0.3) is 0 Å². The van der Waals surface area contributed by atoms with E-state index in [9.17, 15) is 4.79 Å². The molecule has 0 aromatic heterocycles. The van der Waals surface area contributed by atoms with Crippen molar-refractivity contribution < 1.29 is 14.3 Å². The highest BCUT2D eigenvalue weighted by molar-refractivity contribution is 5.91. The summed E-state index contributed by atoms with van der Waals surface area (Å²) in [6.45, 7) is 12.5. The molecule has 2 rings (SSSR count). The Morgan fingerprint density at radius 2 is 1.95 bits per heavy atom. The van der Waals surface area contributed by atoms with Crippen molar-refractivity contribution in [1.82, 2.24) is 4.90 Å². The van der Waals surface area contributed by atoms with Gasteiger partial charge < -0.3 is 9.47 Å². The summed E-state index contributed by atoms with van der Waals surface area (Å²) in [4.78, 5) is 15.1. The van der Waals surface area contributed by atoms with E-state index in [0.29, 0.717) is 12.6 Å². The van der Waals surface area contributed by atoms with E-state index in [4.69, 9.17) is 9.47 Å². The molecule has 0 radical (unpaired) electrons. The summed E-state index contributed by atoms with van der Waals surface area (Å²) in [6.07, 6.45) is 2.63. The van der Waals surface area contributed by atoms with Gasteiger partial charge in [-0.2, -0.15) is 0 Å². The number of ether oxygens (including phenoxy) is 2. The number of ketones is 1. The first kappa shape index (κ1) is 16.9. The van der Waals surface area contributed by atoms with Gasteiger partial charge in [0, 0.05) is 26.2 Å². The van der Waals surface area contributed by atoms with Crippen molar-refractivity contribution in [1.29, 1.82) is 0 Å². The molecule has 2 aliphatic rings. The molecule has 0 amide bonds. The SMILES string of the molecule is COCCN(CC1C(=O)C(C)(C)OC1(C)C)C(C)C1CC1. The van der Waals surface area contributed by atoms with E-state index < -0.39 is 11.2 Å². The maximum atomic E-state index is 12.7. The zero-order valence-corrected chi connectivity index (χ0v) is 14.4. The van der Waals surface area contributed by atoms with Gasteiger partial charge in [-0.25, -0.2) is 0 Å². The van der Waals surface area contributed by atoms with E-state index in [0.717, 1.165) is 19.0 Å². The summed E-state index contributed by atoms with van der Waals surface area (Å²) in [7, 11) is 1.73. The fourth-order valence-electron chi connectivity index (χ4n) is 3.60. The van der Waals surface area contributed by atoms with Gasteiger partial charge in [-0.1, -0.05) is 0 Å². The van der Waals surface area contributed by atoms with Crippen LogP contribution in [0, 0.1) is 11.8 Å². The molecule has 0 aromatic carbocycles. The lowest BCUT2D eigenvalue weighted by Gasteiger charge is -2.34. The number of hydrogen-bond donors (Lipinski definition) is 0. The minimum absolute atomic E-state index is 0.0643. The predicted molar refractivity (Wildman–Crippen MR) is 83.4 cm³/mol. The lowest BCUT2D eigenvalue weighted by atomic mass is 9.85. The van der Waals surface area contributed by atoms with Crippen LogP contribution >= 0.6 is 0 Å².